The molecule has 1 heterocycles. The molecule has 1 aromatic carbocycles. The van der Waals surface area contributed by atoms with E-state index in [0.717, 1.165) is 0 Å². The number of benzene rings is 1. The molecule has 2 rings (SSSR count). The maximum Gasteiger partial charge on any atom is 0.274 e. The van der Waals surface area contributed by atoms with Crippen LogP contribution >= 0.6 is 0 Å². The molecule has 0 atom stereocenters. The van der Waals surface area contributed by atoms with Gasteiger partial charge in [-0.1, -0.05) is 13.0 Å². The molecule has 0 radical (unpaired) electrons. The Morgan fingerprint density at radius 1 is 1.50 bits per heavy atom. The SMILES string of the molecule is CCc1ccc(NC(=O)c2cnn(C)c2)cc1[N+](=O)[O-]. The third-order valence-electron chi connectivity index (χ3n) is 2.89. The minimum Gasteiger partial charge on any atom is -0.322 e. The summed E-state index contributed by atoms with van der Waals surface area (Å²) in [7, 11) is 1.71. The monoisotopic (exact) mass is 274 g/mol. The Hall–Kier alpha value is -2.70. The van der Waals surface area contributed by atoms with Gasteiger partial charge in [-0.25, -0.2) is 0 Å². The van der Waals surface area contributed by atoms with Gasteiger partial charge in [0.15, 0.2) is 0 Å². The molecule has 0 aliphatic heterocycles. The van der Waals surface area contributed by atoms with E-state index in [1.165, 1.54) is 16.9 Å². The number of aryl methyl sites for hydroxylation is 2. The van der Waals surface area contributed by atoms with Crippen molar-refractivity contribution in [2.24, 2.45) is 7.05 Å². The van der Waals surface area contributed by atoms with E-state index in [0.29, 0.717) is 23.2 Å². The highest BCUT2D eigenvalue weighted by Crippen LogP contribution is 2.24. The lowest BCUT2D eigenvalue weighted by molar-refractivity contribution is -0.385. The maximum absolute atomic E-state index is 11.9. The van der Waals surface area contributed by atoms with Crippen LogP contribution in [0, 0.1) is 10.1 Å². The molecular weight excluding hydrogens is 260 g/mol. The highest BCUT2D eigenvalue weighted by Gasteiger charge is 2.15. The number of anilines is 1. The molecule has 0 bridgehead atoms. The lowest BCUT2D eigenvalue weighted by atomic mass is 10.1. The number of rotatable bonds is 4. The number of amides is 1. The van der Waals surface area contributed by atoms with Gasteiger partial charge in [-0.15, -0.1) is 0 Å². The molecule has 0 unspecified atom stereocenters. The lowest BCUT2D eigenvalue weighted by Gasteiger charge is -2.05. The average Bonchev–Trinajstić information content (AvgIpc) is 2.85. The van der Waals surface area contributed by atoms with E-state index >= 15 is 0 Å². The molecule has 0 aliphatic carbocycles. The predicted molar refractivity (Wildman–Crippen MR) is 73.6 cm³/mol. The molecule has 2 aromatic rings. The van der Waals surface area contributed by atoms with Crippen molar-refractivity contribution >= 4 is 17.3 Å². The third-order valence-corrected chi connectivity index (χ3v) is 2.89. The number of aromatic nitrogens is 2. The molecule has 1 aromatic heterocycles. The summed E-state index contributed by atoms with van der Waals surface area (Å²) in [5.41, 5.74) is 1.43. The van der Waals surface area contributed by atoms with Crippen molar-refractivity contribution in [3.63, 3.8) is 0 Å². The Morgan fingerprint density at radius 3 is 2.80 bits per heavy atom. The largest absolute Gasteiger partial charge is 0.322 e. The number of carbonyl (C=O) groups excluding carboxylic acids is 1. The fourth-order valence-electron chi connectivity index (χ4n) is 1.85. The topological polar surface area (TPSA) is 90.1 Å². The van der Waals surface area contributed by atoms with Crippen molar-refractivity contribution in [1.29, 1.82) is 0 Å². The van der Waals surface area contributed by atoms with Crippen LogP contribution in [0.1, 0.15) is 22.8 Å². The van der Waals surface area contributed by atoms with E-state index in [2.05, 4.69) is 10.4 Å². The van der Waals surface area contributed by atoms with Crippen molar-refractivity contribution < 1.29 is 9.72 Å². The maximum atomic E-state index is 11.9. The van der Waals surface area contributed by atoms with Gasteiger partial charge in [0.2, 0.25) is 0 Å². The van der Waals surface area contributed by atoms with Gasteiger partial charge in [0.25, 0.3) is 11.6 Å². The second-order valence-electron chi connectivity index (χ2n) is 4.31. The normalized spacial score (nSPS) is 10.3. The van der Waals surface area contributed by atoms with Crippen molar-refractivity contribution in [1.82, 2.24) is 9.78 Å². The average molecular weight is 274 g/mol. The Kier molecular flexibility index (Phi) is 3.79. The number of hydrogen-bond donors (Lipinski definition) is 1. The van der Waals surface area contributed by atoms with Crippen molar-refractivity contribution in [2.45, 2.75) is 13.3 Å². The molecular formula is C13H14N4O3. The van der Waals surface area contributed by atoms with Crippen LogP contribution in [0.3, 0.4) is 0 Å². The molecule has 0 spiro atoms. The zero-order valence-corrected chi connectivity index (χ0v) is 11.2. The number of carbonyl (C=O) groups is 1. The lowest BCUT2D eigenvalue weighted by Crippen LogP contribution is -2.11. The first kappa shape index (κ1) is 13.7. The molecule has 7 nitrogen and oxygen atoms in total. The Bertz CT molecular complexity index is 663. The minimum atomic E-state index is -0.446. The van der Waals surface area contributed by atoms with Gasteiger partial charge in [-0.05, 0) is 12.5 Å². The summed E-state index contributed by atoms with van der Waals surface area (Å²) in [4.78, 5) is 22.5. The zero-order valence-electron chi connectivity index (χ0n) is 11.2. The first-order chi connectivity index (χ1) is 9.51. The molecule has 1 N–H and O–H groups in total. The van der Waals surface area contributed by atoms with Crippen LogP contribution in [0.15, 0.2) is 30.6 Å². The summed E-state index contributed by atoms with van der Waals surface area (Å²) in [6, 6.07) is 4.67. The quantitative estimate of drug-likeness (QED) is 0.683. The van der Waals surface area contributed by atoms with Crippen molar-refractivity contribution in [3.8, 4) is 0 Å². The number of nitro groups is 1. The molecule has 20 heavy (non-hydrogen) atoms. The molecule has 0 saturated heterocycles. The van der Waals surface area contributed by atoms with Crippen LogP contribution in [-0.4, -0.2) is 20.6 Å². The second kappa shape index (κ2) is 5.52. The Morgan fingerprint density at radius 2 is 2.25 bits per heavy atom. The third kappa shape index (κ3) is 2.82. The molecule has 104 valence electrons. The van der Waals surface area contributed by atoms with Crippen LogP contribution in [0.25, 0.3) is 0 Å². The number of nitro benzene ring substituents is 1. The minimum absolute atomic E-state index is 0.0106. The van der Waals surface area contributed by atoms with E-state index in [9.17, 15) is 14.9 Å². The van der Waals surface area contributed by atoms with Crippen LogP contribution in [-0.2, 0) is 13.5 Å². The van der Waals surface area contributed by atoms with Gasteiger partial charge in [0.1, 0.15) is 0 Å². The molecule has 0 saturated carbocycles. The molecule has 7 heteroatoms. The highest BCUT2D eigenvalue weighted by atomic mass is 16.6. The second-order valence-corrected chi connectivity index (χ2v) is 4.31. The summed E-state index contributed by atoms with van der Waals surface area (Å²) in [5, 5.41) is 17.5. The summed E-state index contributed by atoms with van der Waals surface area (Å²) in [5.74, 6) is -0.350. The zero-order chi connectivity index (χ0) is 14.7. The van der Waals surface area contributed by atoms with Gasteiger partial charge < -0.3 is 5.32 Å². The van der Waals surface area contributed by atoms with Crippen LogP contribution in [0.2, 0.25) is 0 Å². The number of hydrogen-bond acceptors (Lipinski definition) is 4. The van der Waals surface area contributed by atoms with E-state index in [-0.39, 0.29) is 11.6 Å². The van der Waals surface area contributed by atoms with Gasteiger partial charge in [0, 0.05) is 30.6 Å². The van der Waals surface area contributed by atoms with Crippen molar-refractivity contribution in [3.05, 3.63) is 51.8 Å². The fraction of sp³-hybridized carbons (Fsp3) is 0.231. The van der Waals surface area contributed by atoms with E-state index in [1.54, 1.807) is 25.4 Å². The van der Waals surface area contributed by atoms with Gasteiger partial charge in [0.05, 0.1) is 16.7 Å². The Balaban J connectivity index is 2.23. The smallest absolute Gasteiger partial charge is 0.274 e. The highest BCUT2D eigenvalue weighted by molar-refractivity contribution is 6.04. The van der Waals surface area contributed by atoms with Gasteiger partial charge in [-0.2, -0.15) is 5.10 Å². The summed E-state index contributed by atoms with van der Waals surface area (Å²) in [6.45, 7) is 1.84. The summed E-state index contributed by atoms with van der Waals surface area (Å²) in [6.07, 6.45) is 3.57. The van der Waals surface area contributed by atoms with Gasteiger partial charge >= 0.3 is 0 Å². The van der Waals surface area contributed by atoms with E-state index in [4.69, 9.17) is 0 Å². The standard InChI is InChI=1S/C13H14N4O3/c1-3-9-4-5-11(6-12(9)17(19)20)15-13(18)10-7-14-16(2)8-10/h4-8H,3H2,1-2H3,(H,15,18). The van der Waals surface area contributed by atoms with Crippen LogP contribution < -0.4 is 5.32 Å². The Labute approximate surface area is 115 Å². The molecule has 0 aliphatic rings. The van der Waals surface area contributed by atoms with Crippen LogP contribution in [0.5, 0.6) is 0 Å². The summed E-state index contributed by atoms with van der Waals surface area (Å²) < 4.78 is 1.51. The number of nitrogens with one attached hydrogen (secondary N) is 1. The molecule has 0 fully saturated rings. The van der Waals surface area contributed by atoms with Gasteiger partial charge in [-0.3, -0.25) is 19.6 Å². The summed E-state index contributed by atoms with van der Waals surface area (Å²) >= 11 is 0. The predicted octanol–water partition coefficient (Wildman–Crippen LogP) is 2.14. The first-order valence-electron chi connectivity index (χ1n) is 6.08. The van der Waals surface area contributed by atoms with E-state index < -0.39 is 4.92 Å². The van der Waals surface area contributed by atoms with E-state index in [1.807, 2.05) is 6.92 Å². The number of nitrogens with zero attached hydrogens (tertiary/aromatic N) is 3. The van der Waals surface area contributed by atoms with Crippen LogP contribution in [0.4, 0.5) is 11.4 Å². The fourth-order valence-corrected chi connectivity index (χ4v) is 1.85. The first-order valence-corrected chi connectivity index (χ1v) is 6.08. The van der Waals surface area contributed by atoms with Crippen molar-refractivity contribution in [2.75, 3.05) is 5.32 Å². The molecule has 1 amide bonds.